The van der Waals surface area contributed by atoms with E-state index in [0.717, 1.165) is 21.7 Å². The minimum Gasteiger partial charge on any atom is -0.480 e. The van der Waals surface area contributed by atoms with Crippen LogP contribution in [0.4, 0.5) is 4.79 Å². The quantitative estimate of drug-likeness (QED) is 0.751. The van der Waals surface area contributed by atoms with Gasteiger partial charge in [0, 0.05) is 0 Å². The van der Waals surface area contributed by atoms with Crippen molar-refractivity contribution in [2.24, 2.45) is 0 Å². The fourth-order valence-corrected chi connectivity index (χ4v) is 4.39. The molecule has 1 aromatic rings. The summed E-state index contributed by atoms with van der Waals surface area (Å²) in [6, 6.07) is 4.67. The monoisotopic (exact) mass is 379 g/mol. The molecule has 0 spiro atoms. The number of carbonyl (C=O) groups excluding carboxylic acids is 3. The number of nitrogens with zero attached hydrogens (tertiary/aromatic N) is 2. The molecule has 138 valence electrons. The first kappa shape index (κ1) is 18.2. The average molecular weight is 379 g/mol. The summed E-state index contributed by atoms with van der Waals surface area (Å²) in [6.45, 7) is 3.39. The summed E-state index contributed by atoms with van der Waals surface area (Å²) in [4.78, 5) is 49.0. The Bertz CT molecular complexity index is 776. The van der Waals surface area contributed by atoms with E-state index in [2.05, 4.69) is 5.43 Å². The van der Waals surface area contributed by atoms with Crippen molar-refractivity contribution in [2.75, 3.05) is 7.11 Å². The van der Waals surface area contributed by atoms with E-state index in [9.17, 15) is 24.3 Å². The Hall–Kier alpha value is -2.59. The smallest absolute Gasteiger partial charge is 0.425 e. The molecule has 26 heavy (non-hydrogen) atoms. The van der Waals surface area contributed by atoms with Crippen molar-refractivity contribution in [2.45, 2.75) is 30.1 Å². The summed E-state index contributed by atoms with van der Waals surface area (Å²) in [5.74, 6) is -2.70. The van der Waals surface area contributed by atoms with Gasteiger partial charge in [0.2, 0.25) is 0 Å². The number of fused-ring (bicyclic) bond motifs is 1. The maximum absolute atomic E-state index is 12.6. The molecule has 2 atom stereocenters. The number of benzene rings is 1. The number of imide groups is 1. The van der Waals surface area contributed by atoms with Crippen LogP contribution < -0.4 is 5.43 Å². The second kappa shape index (κ2) is 6.29. The van der Waals surface area contributed by atoms with Gasteiger partial charge in [0.25, 0.3) is 11.8 Å². The van der Waals surface area contributed by atoms with Gasteiger partial charge in [-0.1, -0.05) is 12.1 Å². The van der Waals surface area contributed by atoms with E-state index in [-0.39, 0.29) is 11.1 Å². The molecule has 0 unspecified atom stereocenters. The van der Waals surface area contributed by atoms with Gasteiger partial charge in [-0.2, -0.15) is 0 Å². The number of rotatable bonds is 3. The molecule has 10 heteroatoms. The highest BCUT2D eigenvalue weighted by Gasteiger charge is 2.53. The molecule has 0 radical (unpaired) electrons. The highest BCUT2D eigenvalue weighted by molar-refractivity contribution is 8.01. The van der Waals surface area contributed by atoms with E-state index < -0.39 is 40.2 Å². The predicted molar refractivity (Wildman–Crippen MR) is 91.2 cm³/mol. The number of methoxy groups -OCH3 is 1. The molecular formula is C16H17N3O6S. The molecule has 2 aliphatic rings. The van der Waals surface area contributed by atoms with Crippen molar-refractivity contribution in [3.63, 3.8) is 0 Å². The zero-order chi connectivity index (χ0) is 19.2. The Morgan fingerprint density at radius 1 is 1.23 bits per heavy atom. The number of aliphatic carboxylic acids is 1. The summed E-state index contributed by atoms with van der Waals surface area (Å²) in [6.07, 6.45) is -0.698. The molecular weight excluding hydrogens is 362 g/mol. The lowest BCUT2D eigenvalue weighted by Crippen LogP contribution is -2.56. The Balaban J connectivity index is 1.95. The molecule has 0 bridgehead atoms. The molecule has 2 N–H and O–H groups in total. The van der Waals surface area contributed by atoms with Crippen molar-refractivity contribution >= 4 is 35.6 Å². The zero-order valence-corrected chi connectivity index (χ0v) is 15.1. The Morgan fingerprint density at radius 3 is 2.23 bits per heavy atom. The van der Waals surface area contributed by atoms with Gasteiger partial charge in [-0.05, 0) is 26.0 Å². The number of amides is 3. The topological polar surface area (TPSA) is 116 Å². The van der Waals surface area contributed by atoms with Crippen LogP contribution in [0, 0.1) is 0 Å². The Morgan fingerprint density at radius 2 is 1.77 bits per heavy atom. The molecule has 3 rings (SSSR count). The number of ether oxygens (including phenoxy) is 1. The largest absolute Gasteiger partial charge is 0.480 e. The second-order valence-corrected chi connectivity index (χ2v) is 7.97. The molecule has 3 amide bonds. The number of hydrogen-bond acceptors (Lipinski definition) is 7. The summed E-state index contributed by atoms with van der Waals surface area (Å²) in [5.41, 5.74) is 3.08. The zero-order valence-electron chi connectivity index (χ0n) is 14.3. The van der Waals surface area contributed by atoms with E-state index in [1.165, 1.54) is 19.2 Å². The van der Waals surface area contributed by atoms with Gasteiger partial charge >= 0.3 is 12.1 Å². The van der Waals surface area contributed by atoms with E-state index in [1.54, 1.807) is 26.0 Å². The first-order valence-electron chi connectivity index (χ1n) is 7.71. The number of thioether (sulfide) groups is 1. The lowest BCUT2D eigenvalue weighted by atomic mass is 10.1. The predicted octanol–water partition coefficient (Wildman–Crippen LogP) is 1.12. The van der Waals surface area contributed by atoms with Gasteiger partial charge in [0.1, 0.15) is 10.2 Å². The lowest BCUT2D eigenvalue weighted by molar-refractivity contribution is -0.142. The normalized spacial score (nSPS) is 22.3. The Labute approximate surface area is 153 Å². The van der Waals surface area contributed by atoms with Crippen LogP contribution in [-0.4, -0.2) is 62.3 Å². The molecule has 1 saturated heterocycles. The van der Waals surface area contributed by atoms with Crippen LogP contribution in [0.1, 0.15) is 34.6 Å². The van der Waals surface area contributed by atoms with Crippen LogP contribution in [-0.2, 0) is 9.53 Å². The molecule has 1 aromatic carbocycles. The second-order valence-electron chi connectivity index (χ2n) is 6.23. The van der Waals surface area contributed by atoms with E-state index in [1.807, 2.05) is 0 Å². The third-order valence-electron chi connectivity index (χ3n) is 4.21. The van der Waals surface area contributed by atoms with Gasteiger partial charge < -0.3 is 9.84 Å². The number of nitrogens with one attached hydrogen (secondary N) is 1. The molecule has 1 fully saturated rings. The Kier molecular flexibility index (Phi) is 4.41. The average Bonchev–Trinajstić information content (AvgIpc) is 3.03. The number of carboxylic acids is 1. The minimum absolute atomic E-state index is 0.163. The van der Waals surface area contributed by atoms with Crippen LogP contribution in [0.25, 0.3) is 0 Å². The number of carboxylic acid groups (broad SMARTS) is 1. The minimum atomic E-state index is -1.50. The third kappa shape index (κ3) is 2.71. The summed E-state index contributed by atoms with van der Waals surface area (Å²) >= 11 is 1.11. The van der Waals surface area contributed by atoms with Gasteiger partial charge in [0.05, 0.1) is 18.2 Å². The fourth-order valence-electron chi connectivity index (χ4n) is 3.01. The highest BCUT2D eigenvalue weighted by atomic mass is 32.2. The van der Waals surface area contributed by atoms with Crippen LogP contribution in [0.15, 0.2) is 24.3 Å². The molecule has 0 aromatic heterocycles. The van der Waals surface area contributed by atoms with Crippen molar-refractivity contribution in [3.05, 3.63) is 35.4 Å². The van der Waals surface area contributed by atoms with E-state index >= 15 is 0 Å². The molecule has 2 aliphatic heterocycles. The third-order valence-corrected chi connectivity index (χ3v) is 5.59. The van der Waals surface area contributed by atoms with Crippen molar-refractivity contribution in [3.8, 4) is 0 Å². The summed E-state index contributed by atoms with van der Waals surface area (Å²) in [5, 5.41) is 9.95. The molecule has 9 nitrogen and oxygen atoms in total. The van der Waals surface area contributed by atoms with Crippen LogP contribution in [0.5, 0.6) is 0 Å². The number of carbonyl (C=O) groups is 4. The molecule has 2 heterocycles. The van der Waals surface area contributed by atoms with Crippen molar-refractivity contribution in [1.82, 2.24) is 15.3 Å². The fraction of sp³-hybridized carbons (Fsp3) is 0.375. The van der Waals surface area contributed by atoms with Gasteiger partial charge in [-0.3, -0.25) is 14.5 Å². The maximum Gasteiger partial charge on any atom is 0.425 e. The van der Waals surface area contributed by atoms with E-state index in [0.29, 0.717) is 0 Å². The summed E-state index contributed by atoms with van der Waals surface area (Å²) < 4.78 is 4.69. The van der Waals surface area contributed by atoms with Gasteiger partial charge in [0.15, 0.2) is 6.04 Å². The highest BCUT2D eigenvalue weighted by Crippen LogP contribution is 2.40. The van der Waals surface area contributed by atoms with Crippen LogP contribution >= 0.6 is 11.8 Å². The van der Waals surface area contributed by atoms with Crippen LogP contribution in [0.2, 0.25) is 0 Å². The lowest BCUT2D eigenvalue weighted by Gasteiger charge is -2.27. The number of hydrazine groups is 1. The van der Waals surface area contributed by atoms with E-state index in [4.69, 9.17) is 4.74 Å². The number of hydrogen-bond donors (Lipinski definition) is 2. The van der Waals surface area contributed by atoms with Crippen molar-refractivity contribution < 1.29 is 29.0 Å². The first-order valence-corrected chi connectivity index (χ1v) is 8.59. The van der Waals surface area contributed by atoms with Crippen LogP contribution in [0.3, 0.4) is 0 Å². The summed E-state index contributed by atoms with van der Waals surface area (Å²) in [7, 11) is 1.21. The van der Waals surface area contributed by atoms with Gasteiger partial charge in [-0.25, -0.2) is 20.0 Å². The standard InChI is InChI=1S/C16H17N3O6S/c1-16(2)19(15(24)25-3)17-11(26-16)10(14(22)23)18-12(20)8-6-4-5-7-9(8)13(18)21/h4-7,10-11,17H,1-3H3,(H,22,23)/t10-,11-/m1/s1. The van der Waals surface area contributed by atoms with Gasteiger partial charge in [-0.15, -0.1) is 11.8 Å². The molecule has 0 aliphatic carbocycles. The molecule has 0 saturated carbocycles. The maximum atomic E-state index is 12.6. The first-order chi connectivity index (χ1) is 12.2. The van der Waals surface area contributed by atoms with Crippen molar-refractivity contribution in [1.29, 1.82) is 0 Å². The SMILES string of the molecule is COC(=O)N1N[C@@H]([C@H](C(=O)O)N2C(=O)c3ccccc3C2=O)SC1(C)C.